The zero-order valence-corrected chi connectivity index (χ0v) is 22.9. The molecular weight excluding hydrogens is 520 g/mol. The normalized spacial score (nSPS) is 13.0. The molecule has 0 radical (unpaired) electrons. The summed E-state index contributed by atoms with van der Waals surface area (Å²) in [5.41, 5.74) is 8.36. The Balaban J connectivity index is 1.49. The van der Waals surface area contributed by atoms with Gasteiger partial charge >= 0.3 is 6.09 Å². The van der Waals surface area contributed by atoms with Crippen LogP contribution in [0.2, 0.25) is 0 Å². The second-order valence-electron chi connectivity index (χ2n) is 9.61. The maximum Gasteiger partial charge on any atom is 0.433 e. The van der Waals surface area contributed by atoms with Crippen molar-refractivity contribution in [3.05, 3.63) is 118 Å². The van der Waals surface area contributed by atoms with E-state index in [0.29, 0.717) is 23.3 Å². The maximum atomic E-state index is 14.3. The maximum absolute atomic E-state index is 14.3. The molecule has 0 aliphatic carbocycles. The lowest BCUT2D eigenvalue weighted by molar-refractivity contribution is 0.0940. The molecule has 1 aliphatic rings. The zero-order valence-electron chi connectivity index (χ0n) is 22.0. The lowest BCUT2D eigenvalue weighted by Gasteiger charge is -2.29. The number of hydrazine groups is 1. The number of carbonyl (C=O) groups excluding carboxylic acids is 2. The van der Waals surface area contributed by atoms with Crippen LogP contribution in [0.3, 0.4) is 0 Å². The highest BCUT2D eigenvalue weighted by molar-refractivity contribution is 7.10. The van der Waals surface area contributed by atoms with Crippen molar-refractivity contribution in [2.24, 2.45) is 0 Å². The SMILES string of the molecule is COC(=O)N(NC(=O)c1c(CN2CCc3sccc3C2)c(-c2ccccc2)nc2ccccc12)c1ccccc1. The molecule has 5 aromatic rings. The minimum Gasteiger partial charge on any atom is -0.451 e. The third kappa shape index (κ3) is 5.06. The van der Waals surface area contributed by atoms with Gasteiger partial charge in [-0.3, -0.25) is 15.1 Å². The molecule has 0 atom stereocenters. The molecular formula is C32H28N4O3S. The zero-order chi connectivity index (χ0) is 27.5. The van der Waals surface area contributed by atoms with E-state index in [9.17, 15) is 9.59 Å². The molecule has 6 rings (SSSR count). The number of fused-ring (bicyclic) bond motifs is 2. The topological polar surface area (TPSA) is 74.8 Å². The fraction of sp³-hybridized carbons (Fsp3) is 0.156. The van der Waals surface area contributed by atoms with Gasteiger partial charge in [0.05, 0.1) is 29.6 Å². The van der Waals surface area contributed by atoms with Crippen molar-refractivity contribution in [1.29, 1.82) is 0 Å². The van der Waals surface area contributed by atoms with E-state index in [-0.39, 0.29) is 0 Å². The number of thiophene rings is 1. The standard InChI is InChI=1S/C32H28N4O3S/c1-39-32(38)36(24-12-6-3-7-13-24)34-31(37)29-25-14-8-9-15-27(25)33-30(22-10-4-2-5-11-22)26(29)21-35-18-16-28-23(20-35)17-19-40-28/h2-15,17,19H,16,18,20-21H2,1H3,(H,34,37). The minimum absolute atomic E-state index is 0.409. The fourth-order valence-corrected chi connectivity index (χ4v) is 6.10. The van der Waals surface area contributed by atoms with E-state index in [0.717, 1.165) is 46.7 Å². The summed E-state index contributed by atoms with van der Waals surface area (Å²) in [6, 6.07) is 28.7. The number of methoxy groups -OCH3 is 1. The van der Waals surface area contributed by atoms with Crippen LogP contribution in [0.1, 0.15) is 26.4 Å². The number of aromatic nitrogens is 1. The van der Waals surface area contributed by atoms with Crippen molar-refractivity contribution < 1.29 is 14.3 Å². The smallest absolute Gasteiger partial charge is 0.433 e. The van der Waals surface area contributed by atoms with E-state index in [1.54, 1.807) is 35.6 Å². The van der Waals surface area contributed by atoms with E-state index in [2.05, 4.69) is 21.8 Å². The second-order valence-corrected chi connectivity index (χ2v) is 10.6. The van der Waals surface area contributed by atoms with Crippen LogP contribution in [0, 0.1) is 0 Å². The Hall–Kier alpha value is -4.53. The number of nitrogens with zero attached hydrogens (tertiary/aromatic N) is 3. The number of rotatable bonds is 5. The van der Waals surface area contributed by atoms with E-state index in [4.69, 9.17) is 9.72 Å². The van der Waals surface area contributed by atoms with Gasteiger partial charge in [0.25, 0.3) is 5.91 Å². The van der Waals surface area contributed by atoms with Crippen molar-refractivity contribution in [1.82, 2.24) is 15.3 Å². The van der Waals surface area contributed by atoms with E-state index in [1.807, 2.05) is 60.7 Å². The van der Waals surface area contributed by atoms with Gasteiger partial charge in [-0.05, 0) is 41.6 Å². The van der Waals surface area contributed by atoms with Gasteiger partial charge in [-0.15, -0.1) is 11.3 Å². The molecule has 40 heavy (non-hydrogen) atoms. The largest absolute Gasteiger partial charge is 0.451 e. The van der Waals surface area contributed by atoms with Gasteiger partial charge < -0.3 is 4.74 Å². The average molecular weight is 549 g/mol. The minimum atomic E-state index is -0.691. The number of hydrogen-bond donors (Lipinski definition) is 1. The summed E-state index contributed by atoms with van der Waals surface area (Å²) in [5.74, 6) is -0.409. The second kappa shape index (κ2) is 11.3. The third-order valence-corrected chi connectivity index (χ3v) is 8.14. The summed E-state index contributed by atoms with van der Waals surface area (Å²) in [7, 11) is 1.29. The first-order valence-electron chi connectivity index (χ1n) is 13.1. The molecule has 2 amide bonds. The van der Waals surface area contributed by atoms with Crippen LogP contribution < -0.4 is 10.4 Å². The predicted molar refractivity (Wildman–Crippen MR) is 158 cm³/mol. The highest BCUT2D eigenvalue weighted by Gasteiger charge is 2.28. The molecule has 8 heteroatoms. The molecule has 3 heterocycles. The number of pyridine rings is 1. The number of nitrogens with one attached hydrogen (secondary N) is 1. The fourth-order valence-electron chi connectivity index (χ4n) is 5.21. The molecule has 0 saturated carbocycles. The lowest BCUT2D eigenvalue weighted by Crippen LogP contribution is -2.47. The number of benzene rings is 3. The van der Waals surface area contributed by atoms with Crippen molar-refractivity contribution in [3.63, 3.8) is 0 Å². The molecule has 7 nitrogen and oxygen atoms in total. The molecule has 0 fully saturated rings. The number of amides is 2. The van der Waals surface area contributed by atoms with Crippen LogP contribution in [0.4, 0.5) is 10.5 Å². The molecule has 0 spiro atoms. The van der Waals surface area contributed by atoms with Crippen LogP contribution >= 0.6 is 11.3 Å². The van der Waals surface area contributed by atoms with Gasteiger partial charge in [0.2, 0.25) is 0 Å². The number of carbonyl (C=O) groups is 2. The third-order valence-electron chi connectivity index (χ3n) is 7.12. The first-order valence-corrected chi connectivity index (χ1v) is 14.0. The average Bonchev–Trinajstić information content (AvgIpc) is 3.48. The molecule has 0 unspecified atom stereocenters. The highest BCUT2D eigenvalue weighted by Crippen LogP contribution is 2.33. The Kier molecular flexibility index (Phi) is 7.27. The summed E-state index contributed by atoms with van der Waals surface area (Å²) in [6.07, 6.45) is 0.282. The van der Waals surface area contributed by atoms with Crippen LogP contribution in [-0.2, 0) is 24.2 Å². The van der Waals surface area contributed by atoms with Gasteiger partial charge in [0, 0.05) is 41.0 Å². The molecule has 2 aromatic heterocycles. The summed E-state index contributed by atoms with van der Waals surface area (Å²) >= 11 is 1.80. The van der Waals surface area contributed by atoms with Crippen molar-refractivity contribution in [2.45, 2.75) is 19.5 Å². The number of para-hydroxylation sites is 2. The van der Waals surface area contributed by atoms with Crippen LogP contribution in [0.15, 0.2) is 96.4 Å². The summed E-state index contributed by atoms with van der Waals surface area (Å²) in [5, 5.41) is 4.01. The lowest BCUT2D eigenvalue weighted by atomic mass is 9.95. The Morgan fingerprint density at radius 3 is 2.48 bits per heavy atom. The predicted octanol–water partition coefficient (Wildman–Crippen LogP) is 6.44. The van der Waals surface area contributed by atoms with Gasteiger partial charge in [-0.2, -0.15) is 5.01 Å². The summed E-state index contributed by atoms with van der Waals surface area (Å²) < 4.78 is 5.01. The summed E-state index contributed by atoms with van der Waals surface area (Å²) in [4.78, 5) is 35.9. The number of hydrogen-bond acceptors (Lipinski definition) is 6. The van der Waals surface area contributed by atoms with Gasteiger partial charge in [0.15, 0.2) is 0 Å². The van der Waals surface area contributed by atoms with Gasteiger partial charge in [-0.25, -0.2) is 9.78 Å². The molecule has 200 valence electrons. The molecule has 1 N–H and O–H groups in total. The molecule has 3 aromatic carbocycles. The Morgan fingerprint density at radius 2 is 1.70 bits per heavy atom. The van der Waals surface area contributed by atoms with E-state index >= 15 is 0 Å². The number of anilines is 1. The van der Waals surface area contributed by atoms with Crippen LogP contribution in [-0.4, -0.2) is 35.5 Å². The van der Waals surface area contributed by atoms with Gasteiger partial charge in [0.1, 0.15) is 0 Å². The van der Waals surface area contributed by atoms with Crippen molar-refractivity contribution >= 4 is 39.9 Å². The molecule has 0 saturated heterocycles. The Bertz CT molecular complexity index is 1670. The van der Waals surface area contributed by atoms with E-state index < -0.39 is 12.0 Å². The Morgan fingerprint density at radius 1 is 0.975 bits per heavy atom. The van der Waals surface area contributed by atoms with Crippen molar-refractivity contribution in [2.75, 3.05) is 18.7 Å². The van der Waals surface area contributed by atoms with E-state index in [1.165, 1.54) is 17.6 Å². The molecule has 0 bridgehead atoms. The highest BCUT2D eigenvalue weighted by atomic mass is 32.1. The molecule has 1 aliphatic heterocycles. The quantitative estimate of drug-likeness (QED) is 0.256. The van der Waals surface area contributed by atoms with Crippen LogP contribution in [0.5, 0.6) is 0 Å². The van der Waals surface area contributed by atoms with Crippen molar-refractivity contribution in [3.8, 4) is 11.3 Å². The first kappa shape index (κ1) is 25.7. The number of ether oxygens (including phenoxy) is 1. The monoisotopic (exact) mass is 548 g/mol. The first-order chi connectivity index (χ1) is 19.6. The van der Waals surface area contributed by atoms with Gasteiger partial charge in [-0.1, -0.05) is 66.7 Å². The van der Waals surface area contributed by atoms with Crippen LogP contribution in [0.25, 0.3) is 22.2 Å². The Labute approximate surface area is 236 Å². The summed E-state index contributed by atoms with van der Waals surface area (Å²) in [6.45, 7) is 2.22.